The molecular weight excluding hydrogens is 164 g/mol. The lowest BCUT2D eigenvalue weighted by atomic mass is 9.93. The number of nitrogens with zero attached hydrogens (tertiary/aromatic N) is 1. The lowest BCUT2D eigenvalue weighted by Gasteiger charge is -2.32. The third-order valence-electron chi connectivity index (χ3n) is 3.41. The van der Waals surface area contributed by atoms with E-state index in [1.54, 1.807) is 0 Å². The SMILES string of the molecule is C[C@@H](CO)NC1CCN2CCC1C2. The third kappa shape index (κ3) is 2.03. The molecule has 0 spiro atoms. The van der Waals surface area contributed by atoms with Gasteiger partial charge in [0.2, 0.25) is 0 Å². The quantitative estimate of drug-likeness (QED) is 0.650. The van der Waals surface area contributed by atoms with Crippen molar-refractivity contribution in [3.05, 3.63) is 0 Å². The zero-order valence-corrected chi connectivity index (χ0v) is 8.37. The van der Waals surface area contributed by atoms with Crippen LogP contribution in [-0.4, -0.2) is 48.3 Å². The van der Waals surface area contributed by atoms with Gasteiger partial charge in [-0.3, -0.25) is 0 Å². The normalized spacial score (nSPS) is 40.6. The van der Waals surface area contributed by atoms with Crippen LogP contribution in [-0.2, 0) is 0 Å². The molecule has 0 amide bonds. The molecule has 2 aliphatic heterocycles. The number of hydrogen-bond donors (Lipinski definition) is 2. The minimum Gasteiger partial charge on any atom is -0.395 e. The van der Waals surface area contributed by atoms with Crippen molar-refractivity contribution >= 4 is 0 Å². The Morgan fingerprint density at radius 1 is 1.46 bits per heavy atom. The van der Waals surface area contributed by atoms with Crippen molar-refractivity contribution in [2.24, 2.45) is 5.92 Å². The van der Waals surface area contributed by atoms with E-state index in [4.69, 9.17) is 5.11 Å². The molecule has 3 nitrogen and oxygen atoms in total. The standard InChI is InChI=1S/C10H20N2O/c1-8(7-13)11-10-3-5-12-4-2-9(10)6-12/h8-11,13H,2-7H2,1H3/t8-,9?,10?/m0/s1. The van der Waals surface area contributed by atoms with Crippen molar-refractivity contribution < 1.29 is 5.11 Å². The van der Waals surface area contributed by atoms with E-state index >= 15 is 0 Å². The molecule has 0 aromatic rings. The van der Waals surface area contributed by atoms with E-state index in [0.29, 0.717) is 6.04 Å². The first-order valence-corrected chi connectivity index (χ1v) is 5.39. The number of aliphatic hydroxyl groups excluding tert-OH is 1. The van der Waals surface area contributed by atoms with Crippen LogP contribution in [0.5, 0.6) is 0 Å². The van der Waals surface area contributed by atoms with E-state index in [9.17, 15) is 0 Å². The maximum absolute atomic E-state index is 8.96. The molecule has 13 heavy (non-hydrogen) atoms. The smallest absolute Gasteiger partial charge is 0.0582 e. The molecule has 3 unspecified atom stereocenters. The maximum atomic E-state index is 8.96. The zero-order chi connectivity index (χ0) is 9.26. The monoisotopic (exact) mass is 184 g/mol. The van der Waals surface area contributed by atoms with Gasteiger partial charge in [0, 0.05) is 18.6 Å². The van der Waals surface area contributed by atoms with Gasteiger partial charge in [0.1, 0.15) is 0 Å². The summed E-state index contributed by atoms with van der Waals surface area (Å²) in [6, 6.07) is 0.915. The highest BCUT2D eigenvalue weighted by Crippen LogP contribution is 2.27. The highest BCUT2D eigenvalue weighted by atomic mass is 16.3. The molecule has 0 radical (unpaired) electrons. The molecule has 2 N–H and O–H groups in total. The summed E-state index contributed by atoms with van der Waals surface area (Å²) >= 11 is 0. The second kappa shape index (κ2) is 3.95. The van der Waals surface area contributed by atoms with Crippen molar-refractivity contribution in [2.75, 3.05) is 26.2 Å². The molecule has 0 aromatic heterocycles. The van der Waals surface area contributed by atoms with Crippen molar-refractivity contribution in [2.45, 2.75) is 31.8 Å². The Morgan fingerprint density at radius 2 is 2.23 bits per heavy atom. The molecule has 2 heterocycles. The van der Waals surface area contributed by atoms with Gasteiger partial charge in [-0.15, -0.1) is 0 Å². The molecule has 2 aliphatic rings. The molecule has 0 aliphatic carbocycles. The summed E-state index contributed by atoms with van der Waals surface area (Å²) < 4.78 is 0. The van der Waals surface area contributed by atoms with Crippen LogP contribution in [0.25, 0.3) is 0 Å². The van der Waals surface area contributed by atoms with E-state index in [0.717, 1.165) is 5.92 Å². The van der Waals surface area contributed by atoms with E-state index in [1.807, 2.05) is 0 Å². The average molecular weight is 184 g/mol. The molecule has 2 saturated heterocycles. The van der Waals surface area contributed by atoms with Crippen LogP contribution in [0.4, 0.5) is 0 Å². The molecule has 4 atom stereocenters. The summed E-state index contributed by atoms with van der Waals surface area (Å²) in [7, 11) is 0. The van der Waals surface area contributed by atoms with Gasteiger partial charge in [-0.1, -0.05) is 0 Å². The first-order chi connectivity index (χ1) is 6.29. The summed E-state index contributed by atoms with van der Waals surface area (Å²) in [6.45, 7) is 6.12. The van der Waals surface area contributed by atoms with Gasteiger partial charge in [-0.05, 0) is 38.8 Å². The molecule has 3 heteroatoms. The summed E-state index contributed by atoms with van der Waals surface area (Å²) in [5.74, 6) is 0.836. The molecule has 0 saturated carbocycles. The Morgan fingerprint density at radius 3 is 3.00 bits per heavy atom. The van der Waals surface area contributed by atoms with Gasteiger partial charge in [-0.25, -0.2) is 0 Å². The summed E-state index contributed by atoms with van der Waals surface area (Å²) in [4.78, 5) is 2.55. The van der Waals surface area contributed by atoms with Crippen LogP contribution < -0.4 is 5.32 Å². The molecule has 2 rings (SSSR count). The predicted octanol–water partition coefficient (Wildman–Crippen LogP) is 0.0510. The number of nitrogens with one attached hydrogen (secondary N) is 1. The van der Waals surface area contributed by atoms with Gasteiger partial charge in [-0.2, -0.15) is 0 Å². The summed E-state index contributed by atoms with van der Waals surface area (Å²) in [5, 5.41) is 12.5. The second-order valence-electron chi connectivity index (χ2n) is 4.49. The highest BCUT2D eigenvalue weighted by molar-refractivity contribution is 4.91. The van der Waals surface area contributed by atoms with Gasteiger partial charge >= 0.3 is 0 Å². The summed E-state index contributed by atoms with van der Waals surface area (Å²) in [6.07, 6.45) is 2.60. The van der Waals surface area contributed by atoms with E-state index in [-0.39, 0.29) is 12.6 Å². The Balaban J connectivity index is 1.85. The lowest BCUT2D eigenvalue weighted by molar-refractivity contribution is 0.184. The predicted molar refractivity (Wildman–Crippen MR) is 52.6 cm³/mol. The highest BCUT2D eigenvalue weighted by Gasteiger charge is 2.34. The van der Waals surface area contributed by atoms with Crippen molar-refractivity contribution in [1.82, 2.24) is 10.2 Å². The number of aliphatic hydroxyl groups is 1. The minimum atomic E-state index is 0.257. The second-order valence-corrected chi connectivity index (χ2v) is 4.49. The lowest BCUT2D eigenvalue weighted by Crippen LogP contribution is -2.48. The number of fused-ring (bicyclic) bond motifs is 2. The Hall–Kier alpha value is -0.120. The fraction of sp³-hybridized carbons (Fsp3) is 1.00. The molecule has 76 valence electrons. The van der Waals surface area contributed by atoms with E-state index in [2.05, 4.69) is 17.1 Å². The fourth-order valence-corrected chi connectivity index (χ4v) is 2.59. The van der Waals surface area contributed by atoms with Crippen LogP contribution in [0.3, 0.4) is 0 Å². The number of hydrogen-bond acceptors (Lipinski definition) is 3. The van der Waals surface area contributed by atoms with Gasteiger partial charge < -0.3 is 15.3 Å². The molecule has 2 fully saturated rings. The van der Waals surface area contributed by atoms with Gasteiger partial charge in [0.05, 0.1) is 6.61 Å². The molecule has 0 aromatic carbocycles. The van der Waals surface area contributed by atoms with Crippen molar-refractivity contribution in [1.29, 1.82) is 0 Å². The van der Waals surface area contributed by atoms with Crippen LogP contribution >= 0.6 is 0 Å². The van der Waals surface area contributed by atoms with E-state index < -0.39 is 0 Å². The Bertz CT molecular complexity index is 174. The van der Waals surface area contributed by atoms with Crippen LogP contribution in [0.15, 0.2) is 0 Å². The number of piperidine rings is 1. The first kappa shape index (κ1) is 9.44. The first-order valence-electron chi connectivity index (χ1n) is 5.39. The molecule has 2 bridgehead atoms. The van der Waals surface area contributed by atoms with Crippen LogP contribution in [0.2, 0.25) is 0 Å². The third-order valence-corrected chi connectivity index (χ3v) is 3.41. The minimum absolute atomic E-state index is 0.257. The fourth-order valence-electron chi connectivity index (χ4n) is 2.59. The Kier molecular flexibility index (Phi) is 2.86. The van der Waals surface area contributed by atoms with E-state index in [1.165, 1.54) is 32.5 Å². The average Bonchev–Trinajstić information content (AvgIpc) is 2.54. The Labute approximate surface area is 80.1 Å². The largest absolute Gasteiger partial charge is 0.395 e. The number of rotatable bonds is 3. The zero-order valence-electron chi connectivity index (χ0n) is 8.37. The van der Waals surface area contributed by atoms with Crippen LogP contribution in [0, 0.1) is 5.92 Å². The molecular formula is C10H20N2O. The van der Waals surface area contributed by atoms with Gasteiger partial charge in [0.25, 0.3) is 0 Å². The summed E-state index contributed by atoms with van der Waals surface area (Å²) in [5.41, 5.74) is 0. The van der Waals surface area contributed by atoms with Gasteiger partial charge in [0.15, 0.2) is 0 Å². The van der Waals surface area contributed by atoms with Crippen LogP contribution in [0.1, 0.15) is 19.8 Å². The topological polar surface area (TPSA) is 35.5 Å². The van der Waals surface area contributed by atoms with Crippen molar-refractivity contribution in [3.63, 3.8) is 0 Å². The van der Waals surface area contributed by atoms with Crippen molar-refractivity contribution in [3.8, 4) is 0 Å². The maximum Gasteiger partial charge on any atom is 0.0582 e.